The topological polar surface area (TPSA) is 54.5 Å². The SMILES string of the molecule is CCCCNC(=O)C(C)N1CCC(Oc2cccnc2)C1. The number of carbonyl (C=O) groups is 1. The molecule has 1 amide bonds. The first-order valence-electron chi connectivity index (χ1n) is 7.79. The summed E-state index contributed by atoms with van der Waals surface area (Å²) in [5.41, 5.74) is 0. The Morgan fingerprint density at radius 2 is 2.48 bits per heavy atom. The Hall–Kier alpha value is -1.62. The molecule has 2 unspecified atom stereocenters. The van der Waals surface area contributed by atoms with Crippen molar-refractivity contribution in [1.29, 1.82) is 0 Å². The minimum Gasteiger partial charge on any atom is -0.487 e. The van der Waals surface area contributed by atoms with Crippen molar-refractivity contribution in [1.82, 2.24) is 15.2 Å². The number of nitrogens with one attached hydrogen (secondary N) is 1. The smallest absolute Gasteiger partial charge is 0.237 e. The summed E-state index contributed by atoms with van der Waals surface area (Å²) in [5, 5.41) is 2.99. The number of hydrogen-bond acceptors (Lipinski definition) is 4. The average molecular weight is 291 g/mol. The Morgan fingerprint density at radius 1 is 1.62 bits per heavy atom. The van der Waals surface area contributed by atoms with Gasteiger partial charge in [0.1, 0.15) is 11.9 Å². The fourth-order valence-electron chi connectivity index (χ4n) is 2.51. The van der Waals surface area contributed by atoms with Gasteiger partial charge in [0, 0.05) is 25.8 Å². The highest BCUT2D eigenvalue weighted by molar-refractivity contribution is 5.81. The molecule has 0 spiro atoms. The van der Waals surface area contributed by atoms with E-state index in [2.05, 4.69) is 22.1 Å². The van der Waals surface area contributed by atoms with Gasteiger partial charge in [-0.1, -0.05) is 13.3 Å². The van der Waals surface area contributed by atoms with Crippen molar-refractivity contribution in [3.63, 3.8) is 0 Å². The number of pyridine rings is 1. The van der Waals surface area contributed by atoms with Crippen molar-refractivity contribution in [3.8, 4) is 5.75 Å². The third kappa shape index (κ3) is 4.70. The van der Waals surface area contributed by atoms with E-state index in [9.17, 15) is 4.79 Å². The van der Waals surface area contributed by atoms with Gasteiger partial charge in [0.15, 0.2) is 0 Å². The summed E-state index contributed by atoms with van der Waals surface area (Å²) in [6.07, 6.45) is 6.67. The van der Waals surface area contributed by atoms with Gasteiger partial charge in [-0.05, 0) is 31.9 Å². The van der Waals surface area contributed by atoms with E-state index in [1.165, 1.54) is 0 Å². The summed E-state index contributed by atoms with van der Waals surface area (Å²) in [6.45, 7) is 6.54. The van der Waals surface area contributed by atoms with E-state index in [1.54, 1.807) is 12.4 Å². The van der Waals surface area contributed by atoms with Crippen LogP contribution in [0, 0.1) is 0 Å². The predicted molar refractivity (Wildman–Crippen MR) is 82.2 cm³/mol. The molecule has 2 rings (SSSR count). The molecule has 2 heterocycles. The zero-order chi connectivity index (χ0) is 15.1. The van der Waals surface area contributed by atoms with E-state index in [0.29, 0.717) is 0 Å². The second kappa shape index (κ2) is 7.98. The van der Waals surface area contributed by atoms with Crippen LogP contribution < -0.4 is 10.1 Å². The van der Waals surface area contributed by atoms with Gasteiger partial charge in [-0.3, -0.25) is 14.7 Å². The Labute approximate surface area is 126 Å². The molecule has 0 bridgehead atoms. The quantitative estimate of drug-likeness (QED) is 0.779. The van der Waals surface area contributed by atoms with Gasteiger partial charge in [-0.2, -0.15) is 0 Å². The molecule has 1 aromatic heterocycles. The number of aromatic nitrogens is 1. The number of likely N-dealkylation sites (tertiary alicyclic amines) is 1. The van der Waals surface area contributed by atoms with Crippen molar-refractivity contribution >= 4 is 5.91 Å². The lowest BCUT2D eigenvalue weighted by Crippen LogP contribution is -2.44. The van der Waals surface area contributed by atoms with Crippen molar-refractivity contribution in [2.24, 2.45) is 0 Å². The highest BCUT2D eigenvalue weighted by Gasteiger charge is 2.30. The maximum Gasteiger partial charge on any atom is 0.237 e. The fraction of sp³-hybridized carbons (Fsp3) is 0.625. The Kier molecular flexibility index (Phi) is 5.99. The number of nitrogens with zero attached hydrogens (tertiary/aromatic N) is 2. The lowest BCUT2D eigenvalue weighted by atomic mass is 10.2. The number of hydrogen-bond donors (Lipinski definition) is 1. The van der Waals surface area contributed by atoms with Gasteiger partial charge < -0.3 is 10.1 Å². The first-order chi connectivity index (χ1) is 10.2. The first kappa shape index (κ1) is 15.8. The molecule has 21 heavy (non-hydrogen) atoms. The van der Waals surface area contributed by atoms with Crippen molar-refractivity contribution < 1.29 is 9.53 Å². The molecule has 0 radical (unpaired) electrons. The van der Waals surface area contributed by atoms with E-state index in [4.69, 9.17) is 4.74 Å². The number of amides is 1. The maximum absolute atomic E-state index is 12.1. The largest absolute Gasteiger partial charge is 0.487 e. The van der Waals surface area contributed by atoms with Gasteiger partial charge in [-0.25, -0.2) is 0 Å². The first-order valence-corrected chi connectivity index (χ1v) is 7.79. The molecule has 5 nitrogen and oxygen atoms in total. The van der Waals surface area contributed by atoms with Crippen LogP contribution in [-0.4, -0.2) is 47.6 Å². The molecule has 0 aromatic carbocycles. The summed E-state index contributed by atoms with van der Waals surface area (Å²) in [7, 11) is 0. The number of ether oxygens (including phenoxy) is 1. The number of carbonyl (C=O) groups excluding carboxylic acids is 1. The summed E-state index contributed by atoms with van der Waals surface area (Å²) in [5.74, 6) is 0.912. The zero-order valence-electron chi connectivity index (χ0n) is 12.9. The summed E-state index contributed by atoms with van der Waals surface area (Å²) in [6, 6.07) is 3.69. The second-order valence-electron chi connectivity index (χ2n) is 5.53. The minimum atomic E-state index is -0.0932. The standard InChI is InChI=1S/C16H25N3O2/c1-3-4-9-18-16(20)13(2)19-10-7-15(12-19)21-14-6-5-8-17-11-14/h5-6,8,11,13,15H,3-4,7,9-10,12H2,1-2H3,(H,18,20). The normalized spacial score (nSPS) is 20.2. The Balaban J connectivity index is 1.77. The molecule has 1 aromatic rings. The van der Waals surface area contributed by atoms with Gasteiger partial charge in [-0.15, -0.1) is 0 Å². The molecule has 1 aliphatic rings. The molecule has 0 aliphatic carbocycles. The predicted octanol–water partition coefficient (Wildman–Crippen LogP) is 1.84. The summed E-state index contributed by atoms with van der Waals surface area (Å²) < 4.78 is 5.90. The molecule has 116 valence electrons. The molecular formula is C16H25N3O2. The lowest BCUT2D eigenvalue weighted by molar-refractivity contribution is -0.125. The van der Waals surface area contributed by atoms with E-state index < -0.39 is 0 Å². The van der Waals surface area contributed by atoms with E-state index >= 15 is 0 Å². The van der Waals surface area contributed by atoms with Crippen LogP contribution in [-0.2, 0) is 4.79 Å². The van der Waals surface area contributed by atoms with Crippen LogP contribution in [0.1, 0.15) is 33.1 Å². The molecule has 2 atom stereocenters. The van der Waals surface area contributed by atoms with Crippen LogP contribution in [0.3, 0.4) is 0 Å². The zero-order valence-corrected chi connectivity index (χ0v) is 12.9. The molecule has 1 fully saturated rings. The van der Waals surface area contributed by atoms with Gasteiger partial charge in [0.2, 0.25) is 5.91 Å². The molecule has 1 aliphatic heterocycles. The van der Waals surface area contributed by atoms with Crippen molar-refractivity contribution in [2.45, 2.75) is 45.3 Å². The van der Waals surface area contributed by atoms with Crippen LogP contribution >= 0.6 is 0 Å². The molecule has 0 saturated carbocycles. The van der Waals surface area contributed by atoms with Crippen LogP contribution in [0.15, 0.2) is 24.5 Å². The highest BCUT2D eigenvalue weighted by atomic mass is 16.5. The Morgan fingerprint density at radius 3 is 3.19 bits per heavy atom. The second-order valence-corrected chi connectivity index (χ2v) is 5.53. The number of rotatable bonds is 7. The van der Waals surface area contributed by atoms with E-state index in [-0.39, 0.29) is 18.1 Å². The van der Waals surface area contributed by atoms with Crippen LogP contribution in [0.2, 0.25) is 0 Å². The molecule has 1 saturated heterocycles. The van der Waals surface area contributed by atoms with Crippen LogP contribution in [0.25, 0.3) is 0 Å². The maximum atomic E-state index is 12.1. The third-order valence-electron chi connectivity index (χ3n) is 3.87. The van der Waals surface area contributed by atoms with Gasteiger partial charge >= 0.3 is 0 Å². The van der Waals surface area contributed by atoms with Crippen LogP contribution in [0.4, 0.5) is 0 Å². The highest BCUT2D eigenvalue weighted by Crippen LogP contribution is 2.19. The van der Waals surface area contributed by atoms with E-state index in [0.717, 1.165) is 44.6 Å². The minimum absolute atomic E-state index is 0.0932. The monoisotopic (exact) mass is 291 g/mol. The number of unbranched alkanes of at least 4 members (excludes halogenated alkanes) is 1. The fourth-order valence-corrected chi connectivity index (χ4v) is 2.51. The summed E-state index contributed by atoms with van der Waals surface area (Å²) in [4.78, 5) is 18.3. The lowest BCUT2D eigenvalue weighted by Gasteiger charge is -2.23. The van der Waals surface area contributed by atoms with Crippen molar-refractivity contribution in [3.05, 3.63) is 24.5 Å². The Bertz CT molecular complexity index is 438. The summed E-state index contributed by atoms with van der Waals surface area (Å²) >= 11 is 0. The van der Waals surface area contributed by atoms with Crippen molar-refractivity contribution in [2.75, 3.05) is 19.6 Å². The molecule has 5 heteroatoms. The molecule has 1 N–H and O–H groups in total. The third-order valence-corrected chi connectivity index (χ3v) is 3.87. The van der Waals surface area contributed by atoms with Gasteiger partial charge in [0.05, 0.1) is 12.2 Å². The van der Waals surface area contributed by atoms with Crippen LogP contribution in [0.5, 0.6) is 5.75 Å². The molecular weight excluding hydrogens is 266 g/mol. The van der Waals surface area contributed by atoms with Gasteiger partial charge in [0.25, 0.3) is 0 Å². The van der Waals surface area contributed by atoms with E-state index in [1.807, 2.05) is 19.1 Å². The average Bonchev–Trinajstić information content (AvgIpc) is 2.96.